The van der Waals surface area contributed by atoms with Crippen molar-refractivity contribution in [1.82, 2.24) is 10.2 Å². The highest BCUT2D eigenvalue weighted by Gasteiger charge is 2.26. The van der Waals surface area contributed by atoms with E-state index in [9.17, 15) is 0 Å². The maximum absolute atomic E-state index is 5.46. The molecule has 5 nitrogen and oxygen atoms in total. The van der Waals surface area contributed by atoms with Crippen LogP contribution in [0, 0.1) is 0 Å². The monoisotopic (exact) mass is 507 g/mol. The molecule has 154 valence electrons. The molecule has 1 heterocycles. The van der Waals surface area contributed by atoms with Crippen LogP contribution in [0.4, 0.5) is 0 Å². The minimum Gasteiger partial charge on any atom is -0.493 e. The highest BCUT2D eigenvalue weighted by atomic mass is 127. The number of guanidine groups is 1. The number of halogens is 1. The summed E-state index contributed by atoms with van der Waals surface area (Å²) in [6, 6.07) is 6.14. The first-order valence-electron chi connectivity index (χ1n) is 9.24. The first-order valence-corrected chi connectivity index (χ1v) is 10.3. The Morgan fingerprint density at radius 3 is 2.59 bits per heavy atom. The molecule has 1 aliphatic heterocycles. The number of nitrogens with zero attached hydrogens (tertiary/aromatic N) is 2. The second kappa shape index (κ2) is 11.2. The van der Waals surface area contributed by atoms with E-state index in [0.29, 0.717) is 5.25 Å². The summed E-state index contributed by atoms with van der Waals surface area (Å²) < 4.78 is 10.8. The SMILES string of the molecule is CCC1CN(C(=NC)NCC(C)(C)c2ccc(OC)c(OC)c2)CCS1.I. The third kappa shape index (κ3) is 6.34. The van der Waals surface area contributed by atoms with E-state index in [0.717, 1.165) is 42.8 Å². The fourth-order valence-electron chi connectivity index (χ4n) is 3.15. The van der Waals surface area contributed by atoms with Gasteiger partial charge < -0.3 is 19.7 Å². The number of methoxy groups -OCH3 is 2. The summed E-state index contributed by atoms with van der Waals surface area (Å²) in [4.78, 5) is 6.90. The van der Waals surface area contributed by atoms with Crippen molar-refractivity contribution in [2.45, 2.75) is 37.9 Å². The lowest BCUT2D eigenvalue weighted by atomic mass is 9.84. The smallest absolute Gasteiger partial charge is 0.193 e. The van der Waals surface area contributed by atoms with E-state index >= 15 is 0 Å². The number of hydrogen-bond donors (Lipinski definition) is 1. The quantitative estimate of drug-likeness (QED) is 0.358. The van der Waals surface area contributed by atoms with Crippen molar-refractivity contribution in [3.05, 3.63) is 23.8 Å². The molecule has 0 saturated carbocycles. The van der Waals surface area contributed by atoms with Crippen LogP contribution < -0.4 is 14.8 Å². The third-order valence-corrected chi connectivity index (χ3v) is 6.33. The Morgan fingerprint density at radius 1 is 1.30 bits per heavy atom. The molecule has 1 aromatic carbocycles. The van der Waals surface area contributed by atoms with Gasteiger partial charge in [0.15, 0.2) is 17.5 Å². The zero-order chi connectivity index (χ0) is 19.2. The lowest BCUT2D eigenvalue weighted by Crippen LogP contribution is -2.50. The first kappa shape index (κ1) is 24.2. The fourth-order valence-corrected chi connectivity index (χ4v) is 4.33. The van der Waals surface area contributed by atoms with E-state index in [4.69, 9.17) is 9.47 Å². The fraction of sp³-hybridized carbons (Fsp3) is 0.650. The minimum atomic E-state index is -0.0653. The zero-order valence-corrected chi connectivity index (χ0v) is 20.5. The predicted octanol–water partition coefficient (Wildman–Crippen LogP) is 4.00. The maximum atomic E-state index is 5.46. The van der Waals surface area contributed by atoms with Crippen LogP contribution in [-0.2, 0) is 5.41 Å². The highest BCUT2D eigenvalue weighted by molar-refractivity contribution is 14.0. The van der Waals surface area contributed by atoms with E-state index in [1.165, 1.54) is 12.0 Å². The van der Waals surface area contributed by atoms with Crippen molar-refractivity contribution in [2.24, 2.45) is 4.99 Å². The summed E-state index contributed by atoms with van der Waals surface area (Å²) in [7, 11) is 5.20. The van der Waals surface area contributed by atoms with Crippen LogP contribution in [0.3, 0.4) is 0 Å². The molecule has 0 radical (unpaired) electrons. The molecule has 7 heteroatoms. The van der Waals surface area contributed by atoms with Crippen LogP contribution in [0.2, 0.25) is 0 Å². The van der Waals surface area contributed by atoms with E-state index in [1.807, 2.05) is 13.1 Å². The molecule has 0 amide bonds. The lowest BCUT2D eigenvalue weighted by molar-refractivity contribution is 0.353. The third-order valence-electron chi connectivity index (χ3n) is 4.96. The van der Waals surface area contributed by atoms with Crippen LogP contribution in [-0.4, -0.2) is 62.8 Å². The van der Waals surface area contributed by atoms with Gasteiger partial charge in [0.25, 0.3) is 0 Å². The van der Waals surface area contributed by atoms with Gasteiger partial charge >= 0.3 is 0 Å². The molecule has 2 rings (SSSR count). The first-order chi connectivity index (χ1) is 12.4. The standard InChI is InChI=1S/C20H33N3O2S.HI/c1-7-16-13-23(10-11-26-16)19(21-4)22-14-20(2,3)15-8-9-17(24-5)18(12-15)25-6;/h8-9,12,16H,7,10-11,13-14H2,1-6H3,(H,21,22);1H. The molecular weight excluding hydrogens is 473 g/mol. The summed E-state index contributed by atoms with van der Waals surface area (Å²) in [5, 5.41) is 4.28. The largest absolute Gasteiger partial charge is 0.493 e. The Hall–Kier alpha value is -0.830. The summed E-state index contributed by atoms with van der Waals surface area (Å²) in [5.74, 6) is 3.68. The van der Waals surface area contributed by atoms with Gasteiger partial charge in [-0.05, 0) is 24.1 Å². The highest BCUT2D eigenvalue weighted by Crippen LogP contribution is 2.33. The Bertz CT molecular complexity index is 625. The number of benzene rings is 1. The van der Waals surface area contributed by atoms with Gasteiger partial charge in [0.1, 0.15) is 0 Å². The van der Waals surface area contributed by atoms with Crippen LogP contribution >= 0.6 is 35.7 Å². The van der Waals surface area contributed by atoms with Gasteiger partial charge in [0.2, 0.25) is 0 Å². The normalized spacial score (nSPS) is 17.9. The molecule has 1 atom stereocenters. The average Bonchev–Trinajstić information content (AvgIpc) is 2.67. The molecule has 0 aliphatic carbocycles. The number of aliphatic imine (C=N–C) groups is 1. The van der Waals surface area contributed by atoms with Gasteiger partial charge in [-0.1, -0.05) is 26.8 Å². The van der Waals surface area contributed by atoms with Crippen molar-refractivity contribution >= 4 is 41.7 Å². The van der Waals surface area contributed by atoms with Crippen molar-refractivity contribution < 1.29 is 9.47 Å². The van der Waals surface area contributed by atoms with Gasteiger partial charge in [0, 0.05) is 43.1 Å². The molecule has 0 spiro atoms. The Labute approximate surface area is 185 Å². The van der Waals surface area contributed by atoms with Crippen LogP contribution in [0.1, 0.15) is 32.8 Å². The molecular formula is C20H34IN3O2S. The molecule has 27 heavy (non-hydrogen) atoms. The Kier molecular flexibility index (Phi) is 10.1. The summed E-state index contributed by atoms with van der Waals surface area (Å²) in [6.07, 6.45) is 1.20. The van der Waals surface area contributed by atoms with E-state index in [2.05, 4.69) is 59.9 Å². The molecule has 0 aromatic heterocycles. The number of hydrogen-bond acceptors (Lipinski definition) is 4. The second-order valence-corrected chi connectivity index (χ2v) is 8.61. The summed E-state index contributed by atoms with van der Waals surface area (Å²) in [6.45, 7) is 9.65. The van der Waals surface area contributed by atoms with Gasteiger partial charge in [0.05, 0.1) is 14.2 Å². The van der Waals surface area contributed by atoms with Gasteiger partial charge in [-0.25, -0.2) is 0 Å². The predicted molar refractivity (Wildman–Crippen MR) is 127 cm³/mol. The Morgan fingerprint density at radius 2 is 2.00 bits per heavy atom. The van der Waals surface area contributed by atoms with Crippen LogP contribution in [0.5, 0.6) is 11.5 Å². The zero-order valence-electron chi connectivity index (χ0n) is 17.4. The summed E-state index contributed by atoms with van der Waals surface area (Å²) >= 11 is 2.07. The number of nitrogens with one attached hydrogen (secondary N) is 1. The van der Waals surface area contributed by atoms with E-state index in [-0.39, 0.29) is 29.4 Å². The molecule has 1 unspecified atom stereocenters. The molecule has 1 fully saturated rings. The van der Waals surface area contributed by atoms with Gasteiger partial charge in [-0.15, -0.1) is 24.0 Å². The number of rotatable bonds is 6. The van der Waals surface area contributed by atoms with Crippen LogP contribution in [0.15, 0.2) is 23.2 Å². The summed E-state index contributed by atoms with van der Waals surface area (Å²) in [5.41, 5.74) is 1.14. The van der Waals surface area contributed by atoms with Crippen molar-refractivity contribution in [3.8, 4) is 11.5 Å². The van der Waals surface area contributed by atoms with E-state index in [1.54, 1.807) is 14.2 Å². The molecule has 0 bridgehead atoms. The molecule has 1 aromatic rings. The lowest BCUT2D eigenvalue weighted by Gasteiger charge is -2.36. The number of ether oxygens (including phenoxy) is 2. The van der Waals surface area contributed by atoms with Gasteiger partial charge in [-0.2, -0.15) is 11.8 Å². The molecule has 1 aliphatic rings. The Balaban J connectivity index is 0.00000364. The number of thioether (sulfide) groups is 1. The average molecular weight is 507 g/mol. The minimum absolute atomic E-state index is 0. The molecule has 1 saturated heterocycles. The maximum Gasteiger partial charge on any atom is 0.193 e. The van der Waals surface area contributed by atoms with E-state index < -0.39 is 0 Å². The van der Waals surface area contributed by atoms with Gasteiger partial charge in [-0.3, -0.25) is 4.99 Å². The molecule has 1 N–H and O–H groups in total. The topological polar surface area (TPSA) is 46.1 Å². The second-order valence-electron chi connectivity index (χ2n) is 7.20. The van der Waals surface area contributed by atoms with Crippen molar-refractivity contribution in [2.75, 3.05) is 46.7 Å². The van der Waals surface area contributed by atoms with Crippen molar-refractivity contribution in [1.29, 1.82) is 0 Å². The van der Waals surface area contributed by atoms with Crippen molar-refractivity contribution in [3.63, 3.8) is 0 Å². The van der Waals surface area contributed by atoms with Crippen LogP contribution in [0.25, 0.3) is 0 Å².